The summed E-state index contributed by atoms with van der Waals surface area (Å²) >= 11 is 1.48. The van der Waals surface area contributed by atoms with Gasteiger partial charge in [0.2, 0.25) is 10.0 Å². The van der Waals surface area contributed by atoms with Gasteiger partial charge in [0.1, 0.15) is 0 Å². The normalized spacial score (nSPS) is 16.5. The van der Waals surface area contributed by atoms with Gasteiger partial charge in [-0.2, -0.15) is 9.30 Å². The fourth-order valence-electron chi connectivity index (χ4n) is 4.03. The van der Waals surface area contributed by atoms with Crippen molar-refractivity contribution in [2.45, 2.75) is 43.9 Å². The smallest absolute Gasteiger partial charge is 0.279 e. The first-order valence-electron chi connectivity index (χ1n) is 10.7. The molecule has 1 fully saturated rings. The van der Waals surface area contributed by atoms with Crippen LogP contribution in [-0.2, 0) is 23.5 Å². The van der Waals surface area contributed by atoms with E-state index in [1.54, 1.807) is 16.4 Å². The first-order valence-corrected chi connectivity index (χ1v) is 12.9. The second kappa shape index (κ2) is 9.06. The highest BCUT2D eigenvalue weighted by atomic mass is 32.2. The summed E-state index contributed by atoms with van der Waals surface area (Å²) in [4.78, 5) is 17.9. The van der Waals surface area contributed by atoms with Gasteiger partial charge in [-0.1, -0.05) is 43.2 Å². The predicted molar refractivity (Wildman–Crippen MR) is 124 cm³/mol. The second-order valence-corrected chi connectivity index (χ2v) is 10.8. The number of sulfonamides is 1. The van der Waals surface area contributed by atoms with E-state index < -0.39 is 10.0 Å². The molecule has 0 spiro atoms. The van der Waals surface area contributed by atoms with Gasteiger partial charge >= 0.3 is 0 Å². The number of aryl methyl sites for hydroxylation is 2. The maximum atomic E-state index is 12.9. The summed E-state index contributed by atoms with van der Waals surface area (Å²) < 4.78 is 30.5. The molecular weight excluding hydrogens is 430 g/mol. The summed E-state index contributed by atoms with van der Waals surface area (Å²) in [6.45, 7) is 3.22. The molecule has 3 aromatic rings. The Hall–Kier alpha value is -2.29. The highest BCUT2D eigenvalue weighted by Gasteiger charge is 2.25. The standard InChI is InChI=1S/C23H27N3O3S2/c1-3-17-9-8-10-20-21(17)25(2)23(30-20)24-22(27)18-11-13-19(14-12-18)31(28,29)26-15-6-4-5-7-16-26/h8-14H,3-7,15-16H2,1-2H3. The molecule has 1 saturated heterocycles. The summed E-state index contributed by atoms with van der Waals surface area (Å²) in [5.74, 6) is -0.376. The Morgan fingerprint density at radius 3 is 2.35 bits per heavy atom. The quantitative estimate of drug-likeness (QED) is 0.592. The van der Waals surface area contributed by atoms with Gasteiger partial charge in [0.25, 0.3) is 5.91 Å². The van der Waals surface area contributed by atoms with E-state index in [9.17, 15) is 13.2 Å². The lowest BCUT2D eigenvalue weighted by Gasteiger charge is -2.19. The molecule has 164 valence electrons. The monoisotopic (exact) mass is 457 g/mol. The Morgan fingerprint density at radius 1 is 1.03 bits per heavy atom. The summed E-state index contributed by atoms with van der Waals surface area (Å²) in [6.07, 6.45) is 4.81. The zero-order chi connectivity index (χ0) is 22.0. The molecule has 0 bridgehead atoms. The van der Waals surface area contributed by atoms with Gasteiger partial charge in [-0.15, -0.1) is 0 Å². The minimum Gasteiger partial charge on any atom is -0.319 e. The van der Waals surface area contributed by atoms with Crippen molar-refractivity contribution in [3.8, 4) is 0 Å². The van der Waals surface area contributed by atoms with E-state index in [1.165, 1.54) is 29.0 Å². The minimum absolute atomic E-state index is 0.228. The molecule has 0 unspecified atom stereocenters. The van der Waals surface area contributed by atoms with Crippen LogP contribution in [0.1, 0.15) is 48.5 Å². The Labute approximate surface area is 186 Å². The molecule has 1 amide bonds. The van der Waals surface area contributed by atoms with E-state index in [0.717, 1.165) is 42.3 Å². The molecule has 8 heteroatoms. The van der Waals surface area contributed by atoms with Gasteiger partial charge in [-0.05, 0) is 55.2 Å². The van der Waals surface area contributed by atoms with Crippen molar-refractivity contribution in [2.75, 3.05) is 13.1 Å². The molecule has 2 heterocycles. The number of carbonyl (C=O) groups excluding carboxylic acids is 1. The predicted octanol–water partition coefficient (Wildman–Crippen LogP) is 4.11. The molecule has 1 aliphatic heterocycles. The van der Waals surface area contributed by atoms with Gasteiger partial charge in [-0.25, -0.2) is 8.42 Å². The summed E-state index contributed by atoms with van der Waals surface area (Å²) in [5.41, 5.74) is 2.69. The van der Waals surface area contributed by atoms with E-state index in [1.807, 2.05) is 23.7 Å². The largest absolute Gasteiger partial charge is 0.319 e. The van der Waals surface area contributed by atoms with E-state index in [-0.39, 0.29) is 10.8 Å². The van der Waals surface area contributed by atoms with Crippen molar-refractivity contribution in [1.82, 2.24) is 8.87 Å². The van der Waals surface area contributed by atoms with Crippen LogP contribution in [0.25, 0.3) is 10.2 Å². The highest BCUT2D eigenvalue weighted by Crippen LogP contribution is 2.22. The number of para-hydroxylation sites is 1. The molecule has 0 atom stereocenters. The maximum Gasteiger partial charge on any atom is 0.279 e. The van der Waals surface area contributed by atoms with Crippen molar-refractivity contribution in [1.29, 1.82) is 0 Å². The summed E-state index contributed by atoms with van der Waals surface area (Å²) in [6, 6.07) is 12.3. The Kier molecular flexibility index (Phi) is 6.41. The number of nitrogens with zero attached hydrogens (tertiary/aromatic N) is 3. The lowest BCUT2D eigenvalue weighted by atomic mass is 10.1. The van der Waals surface area contributed by atoms with E-state index >= 15 is 0 Å². The average Bonchev–Trinajstić information content (AvgIpc) is 2.96. The Bertz CT molecular complexity index is 1260. The Morgan fingerprint density at radius 2 is 1.71 bits per heavy atom. The van der Waals surface area contributed by atoms with Gasteiger partial charge in [-0.3, -0.25) is 4.79 Å². The van der Waals surface area contributed by atoms with Crippen molar-refractivity contribution in [3.63, 3.8) is 0 Å². The molecule has 0 saturated carbocycles. The fraction of sp³-hybridized carbons (Fsp3) is 0.391. The van der Waals surface area contributed by atoms with Crippen molar-refractivity contribution >= 4 is 37.5 Å². The first kappa shape index (κ1) is 21.9. The number of thiazole rings is 1. The van der Waals surface area contributed by atoms with E-state index in [2.05, 4.69) is 18.0 Å². The number of aromatic nitrogens is 1. The van der Waals surface area contributed by atoms with Gasteiger partial charge < -0.3 is 4.57 Å². The average molecular weight is 458 g/mol. The number of benzene rings is 2. The molecule has 0 N–H and O–H groups in total. The molecule has 6 nitrogen and oxygen atoms in total. The number of rotatable bonds is 4. The summed E-state index contributed by atoms with van der Waals surface area (Å²) in [5, 5.41) is 0. The van der Waals surface area contributed by atoms with E-state index in [4.69, 9.17) is 0 Å². The number of fused-ring (bicyclic) bond motifs is 1. The molecule has 4 rings (SSSR count). The van der Waals surface area contributed by atoms with Crippen LogP contribution in [0.2, 0.25) is 0 Å². The van der Waals surface area contributed by atoms with Crippen molar-refractivity contribution in [2.24, 2.45) is 12.0 Å². The lowest BCUT2D eigenvalue weighted by molar-refractivity contribution is 0.0998. The van der Waals surface area contributed by atoms with Gasteiger partial charge in [0.15, 0.2) is 4.80 Å². The molecule has 0 radical (unpaired) electrons. The third-order valence-electron chi connectivity index (χ3n) is 5.79. The number of hydrogen-bond donors (Lipinski definition) is 0. The van der Waals surface area contributed by atoms with Crippen molar-refractivity contribution in [3.05, 3.63) is 58.4 Å². The molecule has 0 aliphatic carbocycles. The minimum atomic E-state index is -3.53. The molecule has 1 aliphatic rings. The SMILES string of the molecule is CCc1cccc2sc(=NC(=O)c3ccc(S(=O)(=O)N4CCCCCC4)cc3)n(C)c12. The summed E-state index contributed by atoms with van der Waals surface area (Å²) in [7, 11) is -1.61. The zero-order valence-electron chi connectivity index (χ0n) is 17.9. The van der Waals surface area contributed by atoms with Crippen LogP contribution in [0.3, 0.4) is 0 Å². The van der Waals surface area contributed by atoms with Crippen LogP contribution in [0.4, 0.5) is 0 Å². The molecule has 31 heavy (non-hydrogen) atoms. The fourth-order valence-corrected chi connectivity index (χ4v) is 6.61. The second-order valence-electron chi connectivity index (χ2n) is 7.82. The topological polar surface area (TPSA) is 71.7 Å². The third-order valence-corrected chi connectivity index (χ3v) is 8.80. The zero-order valence-corrected chi connectivity index (χ0v) is 19.5. The van der Waals surface area contributed by atoms with Crippen LogP contribution in [0.5, 0.6) is 0 Å². The lowest BCUT2D eigenvalue weighted by Crippen LogP contribution is -2.31. The highest BCUT2D eigenvalue weighted by molar-refractivity contribution is 7.89. The van der Waals surface area contributed by atoms with Gasteiger partial charge in [0.05, 0.1) is 15.1 Å². The molecule has 2 aromatic carbocycles. The number of hydrogen-bond acceptors (Lipinski definition) is 4. The van der Waals surface area contributed by atoms with Gasteiger partial charge in [0, 0.05) is 25.7 Å². The Balaban J connectivity index is 1.62. The van der Waals surface area contributed by atoms with Crippen LogP contribution in [0.15, 0.2) is 52.4 Å². The van der Waals surface area contributed by atoms with Crippen LogP contribution < -0.4 is 4.80 Å². The number of carbonyl (C=O) groups is 1. The maximum absolute atomic E-state index is 12.9. The molecular formula is C23H27N3O3S2. The van der Waals surface area contributed by atoms with E-state index in [0.29, 0.717) is 23.5 Å². The molecule has 1 aromatic heterocycles. The van der Waals surface area contributed by atoms with Crippen LogP contribution >= 0.6 is 11.3 Å². The van der Waals surface area contributed by atoms with Crippen LogP contribution in [0, 0.1) is 0 Å². The number of amides is 1. The third kappa shape index (κ3) is 4.37. The first-order chi connectivity index (χ1) is 14.9. The van der Waals surface area contributed by atoms with Crippen LogP contribution in [-0.4, -0.2) is 36.3 Å². The van der Waals surface area contributed by atoms with Crippen molar-refractivity contribution < 1.29 is 13.2 Å².